The molecule has 1 N–H and O–H groups in total. The van der Waals surface area contributed by atoms with Gasteiger partial charge in [-0.1, -0.05) is 6.92 Å². The molecule has 0 saturated heterocycles. The summed E-state index contributed by atoms with van der Waals surface area (Å²) in [5, 5.41) is 9.31. The summed E-state index contributed by atoms with van der Waals surface area (Å²) in [6, 6.07) is 8.60. The maximum Gasteiger partial charge on any atom is 0.339 e. The van der Waals surface area contributed by atoms with Crippen LogP contribution in [0.5, 0.6) is 5.75 Å². The number of nitrogens with zero attached hydrogens (tertiary/aromatic N) is 1. The van der Waals surface area contributed by atoms with E-state index in [2.05, 4.69) is 0 Å². The minimum Gasteiger partial charge on any atom is -0.497 e. The van der Waals surface area contributed by atoms with Crippen LogP contribution in [0.25, 0.3) is 0 Å². The third-order valence-electron chi connectivity index (χ3n) is 4.85. The molecule has 1 atom stereocenters. The van der Waals surface area contributed by atoms with E-state index >= 15 is 0 Å². The summed E-state index contributed by atoms with van der Waals surface area (Å²) < 4.78 is 10.8. The van der Waals surface area contributed by atoms with Crippen LogP contribution < -0.4 is 9.64 Å². The Morgan fingerprint density at radius 3 is 2.42 bits per heavy atom. The van der Waals surface area contributed by atoms with Crippen LogP contribution in [-0.4, -0.2) is 30.1 Å². The number of carboxylic acid groups (broad SMARTS) is 1. The molecule has 26 heavy (non-hydrogen) atoms. The zero-order valence-corrected chi connectivity index (χ0v) is 15.2. The summed E-state index contributed by atoms with van der Waals surface area (Å²) in [7, 11) is 1.59. The molecule has 1 heterocycles. The Labute approximate surface area is 152 Å². The Kier molecular flexibility index (Phi) is 5.02. The number of carbonyl (C=O) groups excluding carboxylic acids is 1. The van der Waals surface area contributed by atoms with Gasteiger partial charge < -0.3 is 19.2 Å². The van der Waals surface area contributed by atoms with Crippen molar-refractivity contribution < 1.29 is 23.8 Å². The molecule has 1 unspecified atom stereocenters. The number of carbonyl (C=O) groups is 2. The van der Waals surface area contributed by atoms with E-state index in [0.717, 1.165) is 18.5 Å². The Bertz CT molecular complexity index is 804. The van der Waals surface area contributed by atoms with Gasteiger partial charge in [0.05, 0.1) is 7.11 Å². The predicted octanol–water partition coefficient (Wildman–Crippen LogP) is 3.99. The van der Waals surface area contributed by atoms with E-state index in [1.165, 1.54) is 6.07 Å². The molecule has 1 saturated carbocycles. The van der Waals surface area contributed by atoms with Gasteiger partial charge in [-0.15, -0.1) is 0 Å². The number of furan rings is 1. The Hall–Kier alpha value is -2.76. The minimum atomic E-state index is -1.09. The molecule has 1 aliphatic rings. The normalized spacial score (nSPS) is 14.7. The second-order valence-corrected chi connectivity index (χ2v) is 6.56. The first-order valence-electron chi connectivity index (χ1n) is 8.79. The highest BCUT2D eigenvalue weighted by Crippen LogP contribution is 2.38. The van der Waals surface area contributed by atoms with Gasteiger partial charge in [0.15, 0.2) is 5.76 Å². The molecule has 1 fully saturated rings. The van der Waals surface area contributed by atoms with Gasteiger partial charge in [0.1, 0.15) is 17.1 Å². The first-order valence-corrected chi connectivity index (χ1v) is 8.79. The smallest absolute Gasteiger partial charge is 0.339 e. The highest BCUT2D eigenvalue weighted by molar-refractivity contribution is 6.06. The zero-order chi connectivity index (χ0) is 18.8. The number of hydrogen-bond acceptors (Lipinski definition) is 4. The number of benzene rings is 1. The maximum absolute atomic E-state index is 13.2. The van der Waals surface area contributed by atoms with Gasteiger partial charge in [0.25, 0.3) is 5.91 Å². The van der Waals surface area contributed by atoms with Crippen LogP contribution in [0.4, 0.5) is 5.69 Å². The number of rotatable bonds is 7. The molecule has 0 radical (unpaired) electrons. The van der Waals surface area contributed by atoms with E-state index in [-0.39, 0.29) is 23.3 Å². The first-order chi connectivity index (χ1) is 12.5. The van der Waals surface area contributed by atoms with Crippen molar-refractivity contribution in [2.24, 2.45) is 5.92 Å². The molecule has 1 amide bonds. The highest BCUT2D eigenvalue weighted by Gasteiger charge is 2.37. The summed E-state index contributed by atoms with van der Waals surface area (Å²) >= 11 is 0. The lowest BCUT2D eigenvalue weighted by Gasteiger charge is -2.29. The van der Waals surface area contributed by atoms with Crippen LogP contribution in [0.15, 0.2) is 34.7 Å². The number of ether oxygens (including phenoxy) is 1. The van der Waals surface area contributed by atoms with Crippen LogP contribution >= 0.6 is 0 Å². The number of hydrogen-bond donors (Lipinski definition) is 1. The molecule has 138 valence electrons. The lowest BCUT2D eigenvalue weighted by molar-refractivity contribution is 0.0694. The van der Waals surface area contributed by atoms with Crippen LogP contribution in [0.2, 0.25) is 0 Å². The average Bonchev–Trinajstić information content (AvgIpc) is 3.40. The molecule has 1 aliphatic carbocycles. The summed E-state index contributed by atoms with van der Waals surface area (Å²) in [5.74, 6) is 0.116. The molecule has 6 nitrogen and oxygen atoms in total. The van der Waals surface area contributed by atoms with E-state index < -0.39 is 5.97 Å². The number of methoxy groups -OCH3 is 1. The minimum absolute atomic E-state index is 0.000602. The standard InChI is InChI=1S/C20H23NO5/c1-4-17-16(20(23)24)11-18(26-17)19(22)21(12(2)13-5-6-13)14-7-9-15(25-3)10-8-14/h7-13H,4-6H2,1-3H3,(H,23,24). The molecular weight excluding hydrogens is 334 g/mol. The van der Waals surface area contributed by atoms with Crippen LogP contribution in [0.3, 0.4) is 0 Å². The third kappa shape index (κ3) is 3.45. The van der Waals surface area contributed by atoms with Gasteiger partial charge in [0.2, 0.25) is 0 Å². The molecule has 6 heteroatoms. The van der Waals surface area contributed by atoms with Crippen molar-refractivity contribution in [3.8, 4) is 5.75 Å². The van der Waals surface area contributed by atoms with Crippen molar-refractivity contribution in [1.29, 1.82) is 0 Å². The quantitative estimate of drug-likeness (QED) is 0.810. The molecule has 1 aromatic carbocycles. The summed E-state index contributed by atoms with van der Waals surface area (Å²) in [6.45, 7) is 3.81. The number of aryl methyl sites for hydroxylation is 1. The van der Waals surface area contributed by atoms with E-state index in [0.29, 0.717) is 23.8 Å². The van der Waals surface area contributed by atoms with Crippen molar-refractivity contribution in [2.45, 2.75) is 39.2 Å². The van der Waals surface area contributed by atoms with Crippen molar-refractivity contribution in [1.82, 2.24) is 0 Å². The third-order valence-corrected chi connectivity index (χ3v) is 4.85. The predicted molar refractivity (Wildman–Crippen MR) is 97.0 cm³/mol. The molecule has 3 rings (SSSR count). The van der Waals surface area contributed by atoms with Crippen molar-refractivity contribution in [2.75, 3.05) is 12.0 Å². The SMILES string of the molecule is CCc1oc(C(=O)N(c2ccc(OC)cc2)C(C)C2CC2)cc1C(=O)O. The Morgan fingerprint density at radius 1 is 1.31 bits per heavy atom. The van der Waals surface area contributed by atoms with Crippen molar-refractivity contribution in [3.63, 3.8) is 0 Å². The van der Waals surface area contributed by atoms with Gasteiger partial charge in [-0.2, -0.15) is 0 Å². The fourth-order valence-electron chi connectivity index (χ4n) is 3.17. The molecular formula is C20H23NO5. The topological polar surface area (TPSA) is 80.0 Å². The van der Waals surface area contributed by atoms with Gasteiger partial charge in [-0.3, -0.25) is 4.79 Å². The van der Waals surface area contributed by atoms with Crippen LogP contribution in [-0.2, 0) is 6.42 Å². The number of anilines is 1. The number of aromatic carboxylic acids is 1. The molecule has 0 spiro atoms. The second kappa shape index (κ2) is 7.23. The van der Waals surface area contributed by atoms with Crippen LogP contribution in [0, 0.1) is 5.92 Å². The highest BCUT2D eigenvalue weighted by atomic mass is 16.5. The lowest BCUT2D eigenvalue weighted by Crippen LogP contribution is -2.40. The van der Waals surface area contributed by atoms with Gasteiger partial charge >= 0.3 is 5.97 Å². The zero-order valence-electron chi connectivity index (χ0n) is 15.2. The van der Waals surface area contributed by atoms with Crippen LogP contribution in [0.1, 0.15) is 53.4 Å². The summed E-state index contributed by atoms with van der Waals surface area (Å²) in [4.78, 5) is 26.3. The van der Waals surface area contributed by atoms with E-state index in [9.17, 15) is 14.7 Å². The fraction of sp³-hybridized carbons (Fsp3) is 0.400. The maximum atomic E-state index is 13.2. The first kappa shape index (κ1) is 18.0. The average molecular weight is 357 g/mol. The second-order valence-electron chi connectivity index (χ2n) is 6.56. The van der Waals surface area contributed by atoms with Gasteiger partial charge in [0, 0.05) is 24.2 Å². The summed E-state index contributed by atoms with van der Waals surface area (Å²) in [5.41, 5.74) is 0.783. The molecule has 0 bridgehead atoms. The summed E-state index contributed by atoms with van der Waals surface area (Å²) in [6.07, 6.45) is 2.58. The molecule has 0 aliphatic heterocycles. The number of carboxylic acids is 1. The van der Waals surface area contributed by atoms with Crippen molar-refractivity contribution >= 4 is 17.6 Å². The Morgan fingerprint density at radius 2 is 1.96 bits per heavy atom. The lowest BCUT2D eigenvalue weighted by atomic mass is 10.1. The molecule has 1 aromatic heterocycles. The largest absolute Gasteiger partial charge is 0.497 e. The van der Waals surface area contributed by atoms with Crippen molar-refractivity contribution in [3.05, 3.63) is 47.4 Å². The Balaban J connectivity index is 1.98. The number of amides is 1. The van der Waals surface area contributed by atoms with E-state index in [4.69, 9.17) is 9.15 Å². The fourth-order valence-corrected chi connectivity index (χ4v) is 3.17. The van der Waals surface area contributed by atoms with Gasteiger partial charge in [-0.25, -0.2) is 4.79 Å². The monoisotopic (exact) mass is 357 g/mol. The van der Waals surface area contributed by atoms with E-state index in [1.54, 1.807) is 31.1 Å². The van der Waals surface area contributed by atoms with Gasteiger partial charge in [-0.05, 0) is 49.9 Å². The van der Waals surface area contributed by atoms with E-state index in [1.807, 2.05) is 19.1 Å². The molecule has 2 aromatic rings.